The summed E-state index contributed by atoms with van der Waals surface area (Å²) in [6.07, 6.45) is 0. The van der Waals surface area contributed by atoms with Crippen LogP contribution in [0, 0.1) is 0 Å². The zero-order valence-electron chi connectivity index (χ0n) is 9.31. The van der Waals surface area contributed by atoms with Crippen LogP contribution in [0.25, 0.3) is 0 Å². The monoisotopic (exact) mass is 256 g/mol. The molecule has 0 aliphatic heterocycles. The number of amides is 2. The van der Waals surface area contributed by atoms with Gasteiger partial charge < -0.3 is 15.7 Å². The van der Waals surface area contributed by atoms with Gasteiger partial charge in [0.15, 0.2) is 0 Å². The van der Waals surface area contributed by atoms with Crippen molar-refractivity contribution >= 4 is 34.1 Å². The minimum atomic E-state index is -1.10. The number of carbonyl (C=O) groups is 3. The Bertz CT molecular complexity index is 455. The molecule has 0 fully saturated rings. The minimum absolute atomic E-state index is 0.0402. The molecule has 1 aromatic heterocycles. The van der Waals surface area contributed by atoms with E-state index in [9.17, 15) is 14.4 Å². The third kappa shape index (κ3) is 3.56. The van der Waals surface area contributed by atoms with E-state index in [1.54, 1.807) is 5.38 Å². The van der Waals surface area contributed by atoms with Gasteiger partial charge in [-0.15, -0.1) is 11.3 Å². The number of nitrogens with one attached hydrogen (secondary N) is 2. The van der Waals surface area contributed by atoms with Crippen LogP contribution >= 0.6 is 11.3 Å². The fourth-order valence-electron chi connectivity index (χ4n) is 1.17. The first-order valence-electron chi connectivity index (χ1n) is 4.80. The van der Waals surface area contributed by atoms with E-state index >= 15 is 0 Å². The van der Waals surface area contributed by atoms with Crippen LogP contribution in [0.4, 0.5) is 5.00 Å². The Labute approximate surface area is 102 Å². The Morgan fingerprint density at radius 2 is 2.06 bits per heavy atom. The predicted molar refractivity (Wildman–Crippen MR) is 63.2 cm³/mol. The van der Waals surface area contributed by atoms with E-state index < -0.39 is 17.9 Å². The molecule has 1 heterocycles. The van der Waals surface area contributed by atoms with Crippen LogP contribution < -0.4 is 10.6 Å². The Morgan fingerprint density at radius 1 is 1.41 bits per heavy atom. The predicted octanol–water partition coefficient (Wildman–Crippen LogP) is 0.909. The highest BCUT2D eigenvalue weighted by Crippen LogP contribution is 2.23. The Balaban J connectivity index is 2.71. The summed E-state index contributed by atoms with van der Waals surface area (Å²) >= 11 is 1.12. The maximum Gasteiger partial charge on any atom is 0.338 e. The average Bonchev–Trinajstić information content (AvgIpc) is 2.64. The van der Waals surface area contributed by atoms with Gasteiger partial charge in [-0.1, -0.05) is 0 Å². The fourth-order valence-corrected chi connectivity index (χ4v) is 1.95. The summed E-state index contributed by atoms with van der Waals surface area (Å²) in [4.78, 5) is 33.2. The largest absolute Gasteiger partial charge is 0.478 e. The van der Waals surface area contributed by atoms with Gasteiger partial charge in [-0.25, -0.2) is 4.79 Å². The summed E-state index contributed by atoms with van der Waals surface area (Å²) in [7, 11) is 0. The molecule has 1 aromatic rings. The maximum atomic E-state index is 11.6. The highest BCUT2D eigenvalue weighted by atomic mass is 32.1. The van der Waals surface area contributed by atoms with Gasteiger partial charge in [0.2, 0.25) is 11.8 Å². The third-order valence-corrected chi connectivity index (χ3v) is 2.78. The van der Waals surface area contributed by atoms with E-state index in [0.717, 1.165) is 11.3 Å². The number of anilines is 1. The molecule has 0 saturated heterocycles. The second-order valence-corrected chi connectivity index (χ2v) is 4.30. The van der Waals surface area contributed by atoms with E-state index in [1.807, 2.05) is 0 Å². The molecule has 0 saturated carbocycles. The highest BCUT2D eigenvalue weighted by molar-refractivity contribution is 7.14. The van der Waals surface area contributed by atoms with Gasteiger partial charge in [-0.05, 0) is 18.4 Å². The molecule has 3 N–H and O–H groups in total. The van der Waals surface area contributed by atoms with Crippen molar-refractivity contribution in [3.63, 3.8) is 0 Å². The Morgan fingerprint density at radius 3 is 2.59 bits per heavy atom. The molecule has 0 aliphatic carbocycles. The zero-order chi connectivity index (χ0) is 13.0. The van der Waals surface area contributed by atoms with Crippen LogP contribution in [0.15, 0.2) is 11.4 Å². The molecule has 17 heavy (non-hydrogen) atoms. The molecule has 0 radical (unpaired) electrons. The standard InChI is InChI=1S/C10H12N2O4S/c1-5(11-6(2)13)8(14)12-9-7(10(15)16)3-4-17-9/h3-5H,1-2H3,(H,11,13)(H,12,14)(H,15,16). The molecule has 0 aromatic carbocycles. The summed E-state index contributed by atoms with van der Waals surface area (Å²) in [5.74, 6) is -1.88. The number of thiophene rings is 1. The third-order valence-electron chi connectivity index (χ3n) is 1.95. The van der Waals surface area contributed by atoms with Gasteiger partial charge in [0.1, 0.15) is 11.0 Å². The molecule has 7 heteroatoms. The van der Waals surface area contributed by atoms with Crippen LogP contribution in [0.3, 0.4) is 0 Å². The second kappa shape index (κ2) is 5.44. The van der Waals surface area contributed by atoms with E-state index in [-0.39, 0.29) is 16.5 Å². The van der Waals surface area contributed by atoms with Crippen molar-refractivity contribution in [2.75, 3.05) is 5.32 Å². The summed E-state index contributed by atoms with van der Waals surface area (Å²) in [5, 5.41) is 15.5. The molecule has 0 spiro atoms. The van der Waals surface area contributed by atoms with Crippen molar-refractivity contribution in [1.29, 1.82) is 0 Å². The minimum Gasteiger partial charge on any atom is -0.478 e. The number of rotatable bonds is 4. The molecule has 0 bridgehead atoms. The SMILES string of the molecule is CC(=O)NC(C)C(=O)Nc1sccc1C(=O)O. The average molecular weight is 256 g/mol. The van der Waals surface area contributed by atoms with Gasteiger partial charge in [-0.3, -0.25) is 9.59 Å². The molecular formula is C10H12N2O4S. The van der Waals surface area contributed by atoms with E-state index in [1.165, 1.54) is 19.9 Å². The summed E-state index contributed by atoms with van der Waals surface area (Å²) < 4.78 is 0. The van der Waals surface area contributed by atoms with Crippen molar-refractivity contribution in [3.05, 3.63) is 17.0 Å². The highest BCUT2D eigenvalue weighted by Gasteiger charge is 2.18. The van der Waals surface area contributed by atoms with Crippen LogP contribution in [-0.2, 0) is 9.59 Å². The Hall–Kier alpha value is -1.89. The van der Waals surface area contributed by atoms with Crippen molar-refractivity contribution in [1.82, 2.24) is 5.32 Å². The fraction of sp³-hybridized carbons (Fsp3) is 0.300. The van der Waals surface area contributed by atoms with Gasteiger partial charge in [0.05, 0.1) is 5.56 Å². The molecule has 1 rings (SSSR count). The van der Waals surface area contributed by atoms with E-state index in [4.69, 9.17) is 5.11 Å². The summed E-state index contributed by atoms with van der Waals surface area (Å²) in [5.41, 5.74) is 0.0402. The number of hydrogen-bond acceptors (Lipinski definition) is 4. The van der Waals surface area contributed by atoms with Crippen LogP contribution in [-0.4, -0.2) is 28.9 Å². The number of carbonyl (C=O) groups excluding carboxylic acids is 2. The molecule has 0 aliphatic rings. The van der Waals surface area contributed by atoms with Crippen LogP contribution in [0.1, 0.15) is 24.2 Å². The molecule has 1 atom stereocenters. The first-order chi connectivity index (χ1) is 7.91. The summed E-state index contributed by atoms with van der Waals surface area (Å²) in [6.45, 7) is 2.82. The summed E-state index contributed by atoms with van der Waals surface area (Å²) in [6, 6.07) is 0.697. The molecular weight excluding hydrogens is 244 g/mol. The first kappa shape index (κ1) is 13.2. The maximum absolute atomic E-state index is 11.6. The molecule has 1 unspecified atom stereocenters. The molecule has 2 amide bonds. The Kier molecular flexibility index (Phi) is 4.22. The van der Waals surface area contributed by atoms with Crippen molar-refractivity contribution < 1.29 is 19.5 Å². The zero-order valence-corrected chi connectivity index (χ0v) is 10.1. The first-order valence-corrected chi connectivity index (χ1v) is 5.68. The lowest BCUT2D eigenvalue weighted by atomic mass is 10.3. The smallest absolute Gasteiger partial charge is 0.338 e. The van der Waals surface area contributed by atoms with Crippen LogP contribution in [0.2, 0.25) is 0 Å². The lowest BCUT2D eigenvalue weighted by Gasteiger charge is -2.12. The van der Waals surface area contributed by atoms with Gasteiger partial charge >= 0.3 is 5.97 Å². The van der Waals surface area contributed by atoms with E-state index in [2.05, 4.69) is 10.6 Å². The van der Waals surface area contributed by atoms with Crippen molar-refractivity contribution in [2.45, 2.75) is 19.9 Å². The van der Waals surface area contributed by atoms with Crippen molar-refractivity contribution in [2.24, 2.45) is 0 Å². The normalized spacial score (nSPS) is 11.6. The quantitative estimate of drug-likeness (QED) is 0.746. The number of aromatic carboxylic acids is 1. The number of carboxylic acid groups (broad SMARTS) is 1. The van der Waals surface area contributed by atoms with Crippen molar-refractivity contribution in [3.8, 4) is 0 Å². The molecule has 6 nitrogen and oxygen atoms in total. The van der Waals surface area contributed by atoms with Gasteiger partial charge in [0.25, 0.3) is 0 Å². The van der Waals surface area contributed by atoms with Gasteiger partial charge in [-0.2, -0.15) is 0 Å². The van der Waals surface area contributed by atoms with Crippen LogP contribution in [0.5, 0.6) is 0 Å². The topological polar surface area (TPSA) is 95.5 Å². The second-order valence-electron chi connectivity index (χ2n) is 3.38. The van der Waals surface area contributed by atoms with Gasteiger partial charge in [0, 0.05) is 6.92 Å². The number of carboxylic acids is 1. The number of hydrogen-bond donors (Lipinski definition) is 3. The lowest BCUT2D eigenvalue weighted by molar-refractivity contribution is -0.124. The lowest BCUT2D eigenvalue weighted by Crippen LogP contribution is -2.40. The van der Waals surface area contributed by atoms with E-state index in [0.29, 0.717) is 0 Å². The molecule has 92 valence electrons.